The van der Waals surface area contributed by atoms with E-state index in [0.29, 0.717) is 151 Å². The first-order valence-corrected chi connectivity index (χ1v) is 46.5. The number of nitrogens with zero attached hydrogens (tertiary/aromatic N) is 21. The van der Waals surface area contributed by atoms with Crippen molar-refractivity contribution >= 4 is 85.8 Å². The summed E-state index contributed by atoms with van der Waals surface area (Å²) in [4.78, 5) is 42.7. The topological polar surface area (TPSA) is 421 Å². The van der Waals surface area contributed by atoms with Crippen molar-refractivity contribution in [3.8, 4) is 57.0 Å². The van der Waals surface area contributed by atoms with E-state index < -0.39 is 65.8 Å². The summed E-state index contributed by atoms with van der Waals surface area (Å²) in [7, 11) is -11.7. The van der Waals surface area contributed by atoms with E-state index in [-0.39, 0.29) is 71.7 Å². The SMILES string of the molecule is CC1CN(c2cc(-c3cnc4ccc(C(F)F)nn34)ccn2)CC(CNS(C)(=O)=O)O1.COc1cc(-c2cnc3ccc(C(F)F)nn23)cc(N2CCCC(CNS(C)(=O)=O)C2)n1.CS(=O)(=O)NCC1CCCN(c2cc(-c3cnc4ccc(C(F)F)nn34)cnc2C#N)C1.CS(=O)(=O)NCC1CN(c2cc(-c3cnc4ccc(C(F)F)nn34)ccn2)CCO1. The van der Waals surface area contributed by atoms with Gasteiger partial charge in [0.2, 0.25) is 46.0 Å². The second kappa shape index (κ2) is 39.4. The zero-order chi connectivity index (χ0) is 89.2. The van der Waals surface area contributed by atoms with Gasteiger partial charge in [-0.2, -0.15) is 30.6 Å². The highest BCUT2D eigenvalue weighted by molar-refractivity contribution is 7.89. The van der Waals surface area contributed by atoms with Crippen molar-refractivity contribution in [1.82, 2.24) is 97.2 Å². The summed E-state index contributed by atoms with van der Waals surface area (Å²) >= 11 is 0. The third-order valence-corrected chi connectivity index (χ3v) is 23.1. The molecule has 0 spiro atoms. The maximum absolute atomic E-state index is 13.2. The van der Waals surface area contributed by atoms with E-state index in [9.17, 15) is 74.1 Å². The number of ether oxygens (including phenoxy) is 3. The number of nitrogens with one attached hydrogen (secondary N) is 4. The molecular formula is C77H87F8N25O11S4. The Morgan fingerprint density at radius 2 is 0.848 bits per heavy atom. The Morgan fingerprint density at radius 1 is 0.448 bits per heavy atom. The third kappa shape index (κ3) is 24.0. The van der Waals surface area contributed by atoms with Crippen LogP contribution in [0.5, 0.6) is 5.88 Å². The molecule has 48 heteroatoms. The number of pyridine rings is 4. The van der Waals surface area contributed by atoms with E-state index in [0.717, 1.165) is 68.4 Å². The summed E-state index contributed by atoms with van der Waals surface area (Å²) in [6.07, 6.45) is 7.43. The van der Waals surface area contributed by atoms with Crippen LogP contribution in [0.3, 0.4) is 0 Å². The maximum Gasteiger partial charge on any atom is 0.282 e. The Kier molecular flexibility index (Phi) is 28.8. The lowest BCUT2D eigenvalue weighted by Gasteiger charge is -2.37. The lowest BCUT2D eigenvalue weighted by molar-refractivity contribution is -0.0124. The average Bonchev–Trinajstić information content (AvgIpc) is 1.67. The number of sulfonamides is 4. The van der Waals surface area contributed by atoms with Crippen LogP contribution in [0.25, 0.3) is 67.6 Å². The largest absolute Gasteiger partial charge is 0.481 e. The summed E-state index contributed by atoms with van der Waals surface area (Å²) in [6.45, 7) is 8.05. The molecule has 4 saturated heterocycles. The molecule has 0 aromatic carbocycles. The lowest BCUT2D eigenvalue weighted by Crippen LogP contribution is -2.51. The number of halogens is 8. The van der Waals surface area contributed by atoms with E-state index in [1.807, 2.05) is 39.8 Å². The number of anilines is 4. The van der Waals surface area contributed by atoms with Gasteiger partial charge in [-0.25, -0.2) is 141 Å². The van der Waals surface area contributed by atoms with Gasteiger partial charge in [0.25, 0.3) is 25.7 Å². The number of hydrogen-bond donors (Lipinski definition) is 4. The first kappa shape index (κ1) is 91.3. The highest BCUT2D eigenvalue weighted by atomic mass is 32.2. The quantitative estimate of drug-likeness (QED) is 0.0391. The van der Waals surface area contributed by atoms with Crippen molar-refractivity contribution in [3.05, 3.63) is 163 Å². The molecule has 4 N–H and O–H groups in total. The molecule has 125 heavy (non-hydrogen) atoms. The molecule has 4 aliphatic rings. The van der Waals surface area contributed by atoms with Gasteiger partial charge in [0.05, 0.1) is 110 Å². The van der Waals surface area contributed by atoms with Gasteiger partial charge in [-0.1, -0.05) is 0 Å². The number of alkyl halides is 8. The minimum atomic E-state index is -3.32. The van der Waals surface area contributed by atoms with Crippen molar-refractivity contribution in [2.45, 2.75) is 76.6 Å². The number of nitriles is 1. The van der Waals surface area contributed by atoms with Crippen molar-refractivity contribution in [2.75, 3.05) is 137 Å². The summed E-state index contributed by atoms with van der Waals surface area (Å²) in [5, 5.41) is 25.6. The predicted octanol–water partition coefficient (Wildman–Crippen LogP) is 8.22. The van der Waals surface area contributed by atoms with Crippen molar-refractivity contribution in [1.29, 1.82) is 5.26 Å². The number of rotatable bonds is 25. The van der Waals surface area contributed by atoms with Crippen LogP contribution in [0.4, 0.5) is 58.3 Å². The van der Waals surface area contributed by atoms with Crippen LogP contribution in [0, 0.1) is 23.2 Å². The van der Waals surface area contributed by atoms with Gasteiger partial charge >= 0.3 is 0 Å². The Labute approximate surface area is 712 Å². The zero-order valence-electron chi connectivity index (χ0n) is 68.0. The molecule has 0 bridgehead atoms. The molecule has 16 rings (SSSR count). The number of piperidine rings is 2. The van der Waals surface area contributed by atoms with Gasteiger partial charge in [0.15, 0.2) is 28.3 Å². The summed E-state index contributed by atoms with van der Waals surface area (Å²) in [5.41, 5.74) is 6.14. The van der Waals surface area contributed by atoms with E-state index in [1.165, 1.54) is 86.1 Å². The smallest absolute Gasteiger partial charge is 0.282 e. The molecule has 4 aliphatic heterocycles. The first-order valence-electron chi connectivity index (χ1n) is 38.9. The van der Waals surface area contributed by atoms with Gasteiger partial charge in [-0.15, -0.1) is 0 Å². The third-order valence-electron chi connectivity index (χ3n) is 20.3. The highest BCUT2D eigenvalue weighted by Crippen LogP contribution is 2.36. The molecule has 0 aliphatic carbocycles. The fourth-order valence-corrected chi connectivity index (χ4v) is 16.5. The number of hydrogen-bond acceptors (Lipinski definition) is 28. The molecule has 16 heterocycles. The van der Waals surface area contributed by atoms with Crippen LogP contribution in [0.1, 0.15) is 86.8 Å². The molecule has 12 aromatic rings. The normalized spacial score (nSPS) is 18.0. The molecule has 5 unspecified atom stereocenters. The van der Waals surface area contributed by atoms with Crippen molar-refractivity contribution in [2.24, 2.45) is 11.8 Å². The number of morpholine rings is 2. The Morgan fingerprint density at radius 3 is 1.30 bits per heavy atom. The van der Waals surface area contributed by atoms with E-state index in [2.05, 4.69) is 90.1 Å². The molecule has 4 fully saturated rings. The molecule has 0 saturated carbocycles. The number of aromatic nitrogens is 16. The average molecular weight is 1820 g/mol. The lowest BCUT2D eigenvalue weighted by atomic mass is 9.97. The monoisotopic (exact) mass is 1820 g/mol. The van der Waals surface area contributed by atoms with Gasteiger partial charge in [-0.05, 0) is 129 Å². The Bertz CT molecular complexity index is 6360. The van der Waals surface area contributed by atoms with Crippen LogP contribution in [-0.4, -0.2) is 248 Å². The second-order valence-electron chi connectivity index (χ2n) is 30.0. The van der Waals surface area contributed by atoms with Crippen LogP contribution < -0.4 is 43.2 Å². The molecule has 0 amide bonds. The van der Waals surface area contributed by atoms with Crippen LogP contribution in [0.2, 0.25) is 0 Å². The molecule has 666 valence electrons. The molecular weight excluding hydrogens is 1730 g/mol. The minimum absolute atomic E-state index is 0.0831. The highest BCUT2D eigenvalue weighted by Gasteiger charge is 2.31. The van der Waals surface area contributed by atoms with Gasteiger partial charge < -0.3 is 33.8 Å². The fourth-order valence-electron chi connectivity index (χ4n) is 14.4. The molecule has 12 aromatic heterocycles. The fraction of sp³-hybridized carbons (Fsp3) is 0.416. The number of methoxy groups -OCH3 is 1. The summed E-state index contributed by atoms with van der Waals surface area (Å²) in [6, 6.07) is 25.6. The predicted molar refractivity (Wildman–Crippen MR) is 446 cm³/mol. The van der Waals surface area contributed by atoms with Gasteiger partial charge in [0, 0.05) is 125 Å². The van der Waals surface area contributed by atoms with Crippen LogP contribution in [0.15, 0.2) is 134 Å². The van der Waals surface area contributed by atoms with E-state index in [4.69, 9.17) is 14.2 Å². The molecule has 0 radical (unpaired) electrons. The number of fused-ring (bicyclic) bond motifs is 4. The number of imidazole rings is 4. The molecule has 36 nitrogen and oxygen atoms in total. The van der Waals surface area contributed by atoms with Crippen LogP contribution >= 0.6 is 0 Å². The van der Waals surface area contributed by atoms with E-state index in [1.54, 1.807) is 55.2 Å². The Balaban J connectivity index is 0.000000143. The Hall–Kier alpha value is -11.4. The zero-order valence-corrected chi connectivity index (χ0v) is 71.2. The van der Waals surface area contributed by atoms with Crippen molar-refractivity contribution < 1.29 is 83.0 Å². The van der Waals surface area contributed by atoms with E-state index >= 15 is 0 Å². The maximum atomic E-state index is 13.2. The minimum Gasteiger partial charge on any atom is -0.481 e. The summed E-state index contributed by atoms with van der Waals surface area (Å²) < 4.78 is 228. The van der Waals surface area contributed by atoms with Gasteiger partial charge in [-0.3, -0.25) is 0 Å². The van der Waals surface area contributed by atoms with Crippen LogP contribution in [-0.2, 0) is 49.6 Å². The van der Waals surface area contributed by atoms with Gasteiger partial charge in [0.1, 0.15) is 46.3 Å². The first-order chi connectivity index (χ1) is 59.5. The second-order valence-corrected chi connectivity index (χ2v) is 37.3. The van der Waals surface area contributed by atoms with Crippen molar-refractivity contribution in [3.63, 3.8) is 0 Å². The standard InChI is InChI=1S/C20H21F2N7O2S.C20H24F2N6O3S.C19H22F2N6O3S.C18H20F2N6O3S/c1-32(30,31)26-9-13-3-2-6-28(12-13)17-7-14(10-24-16(17)8-23)18-11-25-19-5-4-15(20(21)22)27-29(18)19;1-31-19-9-14(16-11-23-17-6-5-15(20(21)22)26-28(16)17)8-18(25-19)27-7-3-4-13(12-27)10-24-32(2,29)30;1-12-10-26(11-14(30-12)8-24-31(2,28)29)18-7-13(5-6-22-18)16-9-23-17-4-3-15(19(20)21)25-27(16)17;1-30(27,28)23-9-13-11-25(6-7-29-13)17-8-12(4-5-21-17)15-10-22-16-3-2-14(18(19)20)24-26(15)16/h4-5,7,10-11,13,20,26H,2-3,6,9,12H2,1H3;5-6,8-9,11,13,20,24H,3-4,7,10,12H2,1-2H3;3-7,9,12,14,19,24H,8,10-11H2,1-2H3;2-5,8,10,13,18,23H,6-7,9,11H2,1H3. The summed E-state index contributed by atoms with van der Waals surface area (Å²) in [5.74, 6) is 2.58. The molecule has 5 atom stereocenters.